The summed E-state index contributed by atoms with van der Waals surface area (Å²) in [6.07, 6.45) is 1.27. The van der Waals surface area contributed by atoms with E-state index in [2.05, 4.69) is 26.0 Å². The molecule has 3 rings (SSSR count). The molecule has 1 aliphatic heterocycles. The van der Waals surface area contributed by atoms with Gasteiger partial charge < -0.3 is 10.6 Å². The van der Waals surface area contributed by atoms with E-state index in [1.165, 1.54) is 17.9 Å². The monoisotopic (exact) mass is 314 g/mol. The van der Waals surface area contributed by atoms with Crippen LogP contribution in [0.2, 0.25) is 0 Å². The van der Waals surface area contributed by atoms with Crippen molar-refractivity contribution in [1.29, 1.82) is 0 Å². The van der Waals surface area contributed by atoms with Crippen LogP contribution in [0.25, 0.3) is 0 Å². The van der Waals surface area contributed by atoms with Crippen LogP contribution in [0.15, 0.2) is 30.6 Å². The van der Waals surface area contributed by atoms with Gasteiger partial charge in [-0.25, -0.2) is 4.68 Å². The van der Waals surface area contributed by atoms with E-state index in [1.807, 2.05) is 0 Å². The van der Waals surface area contributed by atoms with E-state index in [0.29, 0.717) is 17.3 Å². The van der Waals surface area contributed by atoms with E-state index in [9.17, 15) is 14.4 Å². The van der Waals surface area contributed by atoms with E-state index >= 15 is 0 Å². The lowest BCUT2D eigenvalue weighted by molar-refractivity contribution is -0.123. The van der Waals surface area contributed by atoms with Crippen molar-refractivity contribution in [2.45, 2.75) is 19.4 Å². The largest absolute Gasteiger partial charge is 0.326 e. The summed E-state index contributed by atoms with van der Waals surface area (Å²) in [5, 5.41) is 11.8. The maximum Gasteiger partial charge on any atom is 0.252 e. The third-order valence-electron chi connectivity index (χ3n) is 3.27. The van der Waals surface area contributed by atoms with E-state index in [4.69, 9.17) is 0 Å². The SMILES string of the molecule is CC(=O)Nc1ccc(NC(=O)CC2C(=O)Nc3ncnn32)cc1. The summed E-state index contributed by atoms with van der Waals surface area (Å²) in [5.74, 6) is -0.456. The Morgan fingerprint density at radius 3 is 2.52 bits per heavy atom. The number of carbonyl (C=O) groups excluding carboxylic acids is 3. The lowest BCUT2D eigenvalue weighted by atomic mass is 10.2. The number of benzene rings is 1. The topological polar surface area (TPSA) is 118 Å². The van der Waals surface area contributed by atoms with Crippen LogP contribution in [0, 0.1) is 0 Å². The van der Waals surface area contributed by atoms with E-state index in [0.717, 1.165) is 0 Å². The number of amides is 3. The fourth-order valence-electron chi connectivity index (χ4n) is 2.28. The molecule has 0 saturated heterocycles. The standard InChI is InChI=1S/C14H14N6O3/c1-8(21)17-9-2-4-10(5-3-9)18-12(22)6-11-13(23)19-14-15-7-16-20(11)14/h2-5,7,11H,6H2,1H3,(H,17,21)(H,18,22)(H,15,16,19,23). The van der Waals surface area contributed by atoms with Crippen molar-refractivity contribution in [3.63, 3.8) is 0 Å². The van der Waals surface area contributed by atoms with Crippen LogP contribution >= 0.6 is 0 Å². The first-order chi connectivity index (χ1) is 11.0. The maximum atomic E-state index is 12.1. The highest BCUT2D eigenvalue weighted by Gasteiger charge is 2.33. The molecule has 0 fully saturated rings. The predicted octanol–water partition coefficient (Wildman–Crippen LogP) is 0.758. The Morgan fingerprint density at radius 1 is 1.22 bits per heavy atom. The zero-order valence-corrected chi connectivity index (χ0v) is 12.2. The molecule has 0 aliphatic carbocycles. The van der Waals surface area contributed by atoms with Crippen LogP contribution in [-0.4, -0.2) is 32.5 Å². The molecule has 1 aromatic carbocycles. The third kappa shape index (κ3) is 3.18. The zero-order valence-electron chi connectivity index (χ0n) is 12.2. The molecule has 9 nitrogen and oxygen atoms in total. The molecule has 9 heteroatoms. The van der Waals surface area contributed by atoms with Gasteiger partial charge in [0.15, 0.2) is 0 Å². The molecule has 23 heavy (non-hydrogen) atoms. The van der Waals surface area contributed by atoms with Gasteiger partial charge in [0.25, 0.3) is 5.91 Å². The van der Waals surface area contributed by atoms with Crippen LogP contribution in [0.5, 0.6) is 0 Å². The molecule has 0 saturated carbocycles. The Bertz CT molecular complexity index is 767. The van der Waals surface area contributed by atoms with Crippen molar-refractivity contribution in [2.24, 2.45) is 0 Å². The number of nitrogens with zero attached hydrogens (tertiary/aromatic N) is 3. The van der Waals surface area contributed by atoms with Crippen LogP contribution in [0.3, 0.4) is 0 Å². The summed E-state index contributed by atoms with van der Waals surface area (Å²) in [7, 11) is 0. The van der Waals surface area contributed by atoms with Gasteiger partial charge in [-0.15, -0.1) is 0 Å². The summed E-state index contributed by atoms with van der Waals surface area (Å²) in [5.41, 5.74) is 1.21. The summed E-state index contributed by atoms with van der Waals surface area (Å²) in [4.78, 5) is 38.7. The fraction of sp³-hybridized carbons (Fsp3) is 0.214. The molecule has 2 aromatic rings. The molecule has 0 bridgehead atoms. The molecule has 0 spiro atoms. The number of aromatic nitrogens is 3. The highest BCUT2D eigenvalue weighted by Crippen LogP contribution is 2.24. The maximum absolute atomic E-state index is 12.1. The minimum atomic E-state index is -0.703. The van der Waals surface area contributed by atoms with Crippen LogP contribution in [0.4, 0.5) is 17.3 Å². The quantitative estimate of drug-likeness (QED) is 0.770. The van der Waals surface area contributed by atoms with Gasteiger partial charge in [-0.05, 0) is 24.3 Å². The van der Waals surface area contributed by atoms with E-state index in [-0.39, 0.29) is 24.1 Å². The summed E-state index contributed by atoms with van der Waals surface area (Å²) in [6.45, 7) is 1.42. The van der Waals surface area contributed by atoms with E-state index < -0.39 is 6.04 Å². The van der Waals surface area contributed by atoms with Gasteiger partial charge in [0.1, 0.15) is 12.4 Å². The molecule has 2 heterocycles. The molecular weight excluding hydrogens is 300 g/mol. The number of nitrogens with one attached hydrogen (secondary N) is 3. The first kappa shape index (κ1) is 14.7. The van der Waals surface area contributed by atoms with Gasteiger partial charge in [-0.1, -0.05) is 0 Å². The minimum Gasteiger partial charge on any atom is -0.326 e. The third-order valence-corrected chi connectivity index (χ3v) is 3.27. The second kappa shape index (κ2) is 5.87. The molecule has 118 valence electrons. The number of fused-ring (bicyclic) bond motifs is 1. The predicted molar refractivity (Wildman–Crippen MR) is 81.7 cm³/mol. The second-order valence-electron chi connectivity index (χ2n) is 5.04. The Hall–Kier alpha value is -3.23. The van der Waals surface area contributed by atoms with Crippen molar-refractivity contribution in [2.75, 3.05) is 16.0 Å². The van der Waals surface area contributed by atoms with Gasteiger partial charge in [-0.3, -0.25) is 19.7 Å². The molecule has 1 aromatic heterocycles. The molecular formula is C14H14N6O3. The molecule has 1 aliphatic rings. The smallest absolute Gasteiger partial charge is 0.252 e. The van der Waals surface area contributed by atoms with Gasteiger partial charge in [0.2, 0.25) is 17.8 Å². The number of hydrogen-bond acceptors (Lipinski definition) is 5. The molecule has 1 atom stereocenters. The summed E-state index contributed by atoms with van der Waals surface area (Å²) >= 11 is 0. The van der Waals surface area contributed by atoms with Crippen LogP contribution in [-0.2, 0) is 14.4 Å². The van der Waals surface area contributed by atoms with Crippen LogP contribution < -0.4 is 16.0 Å². The second-order valence-corrected chi connectivity index (χ2v) is 5.04. The summed E-state index contributed by atoms with van der Waals surface area (Å²) < 4.78 is 1.39. The first-order valence-electron chi connectivity index (χ1n) is 6.91. The summed E-state index contributed by atoms with van der Waals surface area (Å²) in [6, 6.07) is 5.98. The number of hydrogen-bond donors (Lipinski definition) is 3. The molecule has 0 radical (unpaired) electrons. The van der Waals surface area contributed by atoms with Crippen molar-refractivity contribution in [1.82, 2.24) is 14.8 Å². The Kier molecular flexibility index (Phi) is 3.75. The van der Waals surface area contributed by atoms with Crippen LogP contribution in [0.1, 0.15) is 19.4 Å². The van der Waals surface area contributed by atoms with Gasteiger partial charge in [0.05, 0.1) is 6.42 Å². The van der Waals surface area contributed by atoms with Crippen molar-refractivity contribution in [3.05, 3.63) is 30.6 Å². The normalized spacial score (nSPS) is 15.7. The minimum absolute atomic E-state index is 0.0460. The van der Waals surface area contributed by atoms with Gasteiger partial charge in [-0.2, -0.15) is 10.1 Å². The molecule has 1 unspecified atom stereocenters. The fourth-order valence-corrected chi connectivity index (χ4v) is 2.28. The Balaban J connectivity index is 1.61. The van der Waals surface area contributed by atoms with Gasteiger partial charge in [0, 0.05) is 18.3 Å². The average Bonchev–Trinajstić information content (AvgIpc) is 3.04. The molecule has 3 amide bonds. The van der Waals surface area contributed by atoms with Crippen molar-refractivity contribution >= 4 is 35.0 Å². The Morgan fingerprint density at radius 2 is 1.87 bits per heavy atom. The number of rotatable bonds is 4. The van der Waals surface area contributed by atoms with E-state index in [1.54, 1.807) is 24.3 Å². The Labute approximate surface area is 131 Å². The molecule has 3 N–H and O–H groups in total. The lowest BCUT2D eigenvalue weighted by Crippen LogP contribution is -2.23. The zero-order chi connectivity index (χ0) is 16.4. The average molecular weight is 314 g/mol. The van der Waals surface area contributed by atoms with Crippen molar-refractivity contribution in [3.8, 4) is 0 Å². The van der Waals surface area contributed by atoms with Crippen molar-refractivity contribution < 1.29 is 14.4 Å². The first-order valence-corrected chi connectivity index (χ1v) is 6.91. The lowest BCUT2D eigenvalue weighted by Gasteiger charge is -2.10. The highest BCUT2D eigenvalue weighted by atomic mass is 16.2. The number of anilines is 3. The number of carbonyl (C=O) groups is 3. The van der Waals surface area contributed by atoms with Gasteiger partial charge >= 0.3 is 0 Å². The highest BCUT2D eigenvalue weighted by molar-refractivity contribution is 6.01.